The number of carbonyl (C=O) groups is 5. The van der Waals surface area contributed by atoms with Gasteiger partial charge in [-0.05, 0) is 184 Å². The minimum atomic E-state index is -3.23. The lowest BCUT2D eigenvalue weighted by atomic mass is 9.72. The van der Waals surface area contributed by atoms with Crippen molar-refractivity contribution in [2.45, 2.75) is 182 Å². The van der Waals surface area contributed by atoms with E-state index in [4.69, 9.17) is 33.6 Å². The fourth-order valence-corrected chi connectivity index (χ4v) is 11.6. The molecule has 0 saturated carbocycles. The average molecular weight is 1260 g/mol. The third kappa shape index (κ3) is 28.0. The number of ether oxygens (including phenoxy) is 5. The van der Waals surface area contributed by atoms with E-state index in [1.807, 2.05) is 77.0 Å². The van der Waals surface area contributed by atoms with E-state index in [1.54, 1.807) is 9.80 Å². The van der Waals surface area contributed by atoms with Crippen LogP contribution in [0.5, 0.6) is 0 Å². The van der Waals surface area contributed by atoms with Crippen molar-refractivity contribution in [3.05, 3.63) is 0 Å². The molecule has 3 radical (unpaired) electrons. The fourth-order valence-electron chi connectivity index (χ4n) is 11.6. The molecule has 0 aromatic carbocycles. The van der Waals surface area contributed by atoms with Gasteiger partial charge >= 0.3 is 37.1 Å². The van der Waals surface area contributed by atoms with Gasteiger partial charge in [-0.15, -0.1) is 0 Å². The second kappa shape index (κ2) is 35.0. The zero-order valence-electron chi connectivity index (χ0n) is 53.2. The molecule has 0 aromatic rings. The van der Waals surface area contributed by atoms with Gasteiger partial charge in [-0.25, -0.2) is 36.7 Å². The molecule has 10 aliphatic rings. The van der Waals surface area contributed by atoms with Crippen molar-refractivity contribution in [3.63, 3.8) is 0 Å². The summed E-state index contributed by atoms with van der Waals surface area (Å²) in [5, 5.41) is 13.9. The van der Waals surface area contributed by atoms with Crippen LogP contribution in [0.3, 0.4) is 0 Å². The van der Waals surface area contributed by atoms with Crippen molar-refractivity contribution in [1.29, 1.82) is 0 Å². The van der Waals surface area contributed by atoms with Gasteiger partial charge in [0.25, 0.3) is 18.8 Å². The van der Waals surface area contributed by atoms with E-state index >= 15 is 0 Å². The van der Waals surface area contributed by atoms with Crippen LogP contribution in [0.1, 0.15) is 139 Å². The number of carboxylic acids is 1. The molecule has 10 heterocycles. The van der Waals surface area contributed by atoms with Gasteiger partial charge in [-0.1, -0.05) is 0 Å². The molecular formula is C59H102BF8N8O11. The summed E-state index contributed by atoms with van der Waals surface area (Å²) in [6.07, 6.45) is 1.40. The number of halogens is 8. The number of nitrogens with zero attached hydrogens (tertiary/aromatic N) is 6. The Labute approximate surface area is 512 Å². The minimum Gasteiger partial charge on any atom is -0.477 e. The van der Waals surface area contributed by atoms with Crippen molar-refractivity contribution in [1.82, 2.24) is 40.0 Å². The summed E-state index contributed by atoms with van der Waals surface area (Å²) < 4.78 is 120. The molecule has 0 aromatic heterocycles. The van der Waals surface area contributed by atoms with E-state index in [9.17, 15) is 54.3 Å². The van der Waals surface area contributed by atoms with Crippen molar-refractivity contribution >= 4 is 38.6 Å². The topological polar surface area (TPSA) is 195 Å². The van der Waals surface area contributed by atoms with Crippen LogP contribution in [0.2, 0.25) is 0 Å². The molecule has 3 N–H and O–H groups in total. The van der Waals surface area contributed by atoms with Gasteiger partial charge in [0.15, 0.2) is 0 Å². The molecule has 87 heavy (non-hydrogen) atoms. The van der Waals surface area contributed by atoms with Crippen LogP contribution >= 0.6 is 0 Å². The van der Waals surface area contributed by atoms with Gasteiger partial charge < -0.3 is 59.0 Å². The highest BCUT2D eigenvalue weighted by atomic mass is 19.3. The summed E-state index contributed by atoms with van der Waals surface area (Å²) in [6, 6.07) is 0. The largest absolute Gasteiger partial charge is 0.477 e. The first kappa shape index (κ1) is 77.3. The lowest BCUT2D eigenvalue weighted by Crippen LogP contribution is -2.63. The fraction of sp³-hybridized carbons (Fsp3) is 0.915. The van der Waals surface area contributed by atoms with Gasteiger partial charge in [-0.2, -0.15) is 17.6 Å². The Morgan fingerprint density at radius 3 is 0.966 bits per heavy atom. The van der Waals surface area contributed by atoms with Gasteiger partial charge in [0, 0.05) is 117 Å². The number of carbonyl (C=O) groups excluding carboxylic acids is 4. The third-order valence-electron chi connectivity index (χ3n) is 16.6. The van der Waals surface area contributed by atoms with Crippen molar-refractivity contribution in [3.8, 4) is 0 Å². The number of rotatable bonds is 6. The standard InChI is InChI=1S/C14H22F2N2O3.C14H24F2N2O2.C12H22N2O2.C9H16F2N2.2C4H8O.C2H2F2O2.B/c1-13(2,3)21-12(20)18-8-14(9-18)4-6-17(7-5-14)11(19)10(15)16;1-13(2,3)20-12(19)18-9-14(10-18)4-6-17(7-5-14)8-11(15)16;1-11(2,3)16-10(15)14-8-12(9-14)4-6-13-7-5-12;10-8(11)5-13-3-1-9(2-4-13)6-12-7-9;2*1-2-4-5-3-1;3-1(4)2(5)6;/h10H,4-9H2,1-3H3;11H,4-10H2,1-3H3;13H,4-9H2,1-3H3;8,12H,1-7H2;2*1-4H2;1H,(H,5,6);. The Balaban J connectivity index is 0.000000280. The average Bonchev–Trinajstić information content (AvgIpc) is 1.35. The zero-order valence-corrected chi connectivity index (χ0v) is 53.2. The first-order valence-electron chi connectivity index (χ1n) is 30.7. The second-order valence-corrected chi connectivity index (χ2v) is 27.7. The lowest BCUT2D eigenvalue weighted by Gasteiger charge is -2.53. The smallest absolute Gasteiger partial charge is 0.410 e. The van der Waals surface area contributed by atoms with Crippen molar-refractivity contribution in [2.75, 3.05) is 144 Å². The van der Waals surface area contributed by atoms with Crippen LogP contribution in [0.25, 0.3) is 0 Å². The molecule has 10 fully saturated rings. The van der Waals surface area contributed by atoms with Crippen LogP contribution in [-0.4, -0.2) is 260 Å². The molecule has 10 rings (SSSR count). The highest BCUT2D eigenvalue weighted by molar-refractivity contribution is 5.79. The van der Waals surface area contributed by atoms with E-state index < -0.39 is 48.8 Å². The quantitative estimate of drug-likeness (QED) is 0.130. The number of amides is 4. The normalized spacial score (nSPS) is 22.4. The monoisotopic (exact) mass is 1260 g/mol. The van der Waals surface area contributed by atoms with Crippen molar-refractivity contribution in [2.24, 2.45) is 21.7 Å². The molecule has 28 heteroatoms. The molecular weight excluding hydrogens is 1160 g/mol. The Kier molecular flexibility index (Phi) is 31.1. The number of aliphatic carboxylic acids is 1. The summed E-state index contributed by atoms with van der Waals surface area (Å²) >= 11 is 0. The van der Waals surface area contributed by atoms with E-state index in [0.29, 0.717) is 76.0 Å². The van der Waals surface area contributed by atoms with E-state index in [0.717, 1.165) is 104 Å². The molecule has 19 nitrogen and oxygen atoms in total. The molecule has 0 bridgehead atoms. The Bertz CT molecular complexity index is 2020. The SMILES string of the molecule is C1CCOC1.C1CCOC1.CC(C)(C)OC(=O)N1CC2(CCN(C(=O)C(F)F)CC2)C1.CC(C)(C)OC(=O)N1CC2(CCN(CC(F)F)CC2)C1.CC(C)(C)OC(=O)N1CC2(CCNCC2)C1.FC(F)CN1CCC2(CC1)CNC2.O=C(O)C(F)F.[B]. The molecule has 4 amide bonds. The maximum Gasteiger partial charge on any atom is 0.410 e. The van der Waals surface area contributed by atoms with Crippen LogP contribution < -0.4 is 10.6 Å². The third-order valence-corrected chi connectivity index (χ3v) is 16.6. The summed E-state index contributed by atoms with van der Waals surface area (Å²) in [7, 11) is 0. The Hall–Kier alpha value is -3.99. The summed E-state index contributed by atoms with van der Waals surface area (Å²) in [5.41, 5.74) is -0.409. The number of likely N-dealkylation sites (tertiary alicyclic amines) is 6. The van der Waals surface area contributed by atoms with Gasteiger partial charge in [-0.3, -0.25) is 14.6 Å². The minimum absolute atomic E-state index is 0. The van der Waals surface area contributed by atoms with Crippen LogP contribution in [0.4, 0.5) is 49.5 Å². The maximum atomic E-state index is 12.4. The lowest BCUT2D eigenvalue weighted by molar-refractivity contribution is -0.149. The van der Waals surface area contributed by atoms with Crippen LogP contribution in [-0.2, 0) is 33.3 Å². The first-order chi connectivity index (χ1) is 40.1. The molecule has 4 spiro atoms. The van der Waals surface area contributed by atoms with Gasteiger partial charge in [0.2, 0.25) is 0 Å². The predicted molar refractivity (Wildman–Crippen MR) is 313 cm³/mol. The summed E-state index contributed by atoms with van der Waals surface area (Å²) in [6.45, 7) is 33.0. The predicted octanol–water partition coefficient (Wildman–Crippen LogP) is 8.79. The highest BCUT2D eigenvalue weighted by Gasteiger charge is 2.50. The number of piperidine rings is 4. The number of hydrogen-bond acceptors (Lipinski definition) is 14. The van der Waals surface area contributed by atoms with Crippen LogP contribution in [0, 0.1) is 21.7 Å². The number of hydrogen-bond donors (Lipinski definition) is 3. The van der Waals surface area contributed by atoms with Crippen molar-refractivity contribution < 1.29 is 87.9 Å². The Morgan fingerprint density at radius 1 is 0.448 bits per heavy atom. The summed E-state index contributed by atoms with van der Waals surface area (Å²) in [5.74, 6) is -3.16. The Morgan fingerprint density at radius 2 is 0.736 bits per heavy atom. The zero-order chi connectivity index (χ0) is 64.2. The number of alkyl halides is 8. The molecule has 10 saturated heterocycles. The second-order valence-electron chi connectivity index (χ2n) is 27.7. The van der Waals surface area contributed by atoms with Gasteiger partial charge in [0.1, 0.15) is 16.8 Å². The number of carboxylic acid groups (broad SMARTS) is 1. The van der Waals surface area contributed by atoms with E-state index in [1.165, 1.54) is 43.4 Å². The number of nitrogens with one attached hydrogen (secondary N) is 2. The van der Waals surface area contributed by atoms with E-state index in [-0.39, 0.29) is 56.2 Å². The molecule has 0 atom stereocenters. The van der Waals surface area contributed by atoms with Crippen LogP contribution in [0.15, 0.2) is 0 Å². The molecule has 0 aliphatic carbocycles. The molecule has 503 valence electrons. The first-order valence-corrected chi connectivity index (χ1v) is 30.7. The van der Waals surface area contributed by atoms with Gasteiger partial charge in [0.05, 0.1) is 13.1 Å². The van der Waals surface area contributed by atoms with E-state index in [2.05, 4.69) is 10.6 Å². The molecule has 10 aliphatic heterocycles. The molecule has 0 unspecified atom stereocenters. The summed E-state index contributed by atoms with van der Waals surface area (Å²) in [4.78, 5) is 65.8. The highest BCUT2D eigenvalue weighted by Crippen LogP contribution is 2.43. The maximum absolute atomic E-state index is 12.4.